The van der Waals surface area contributed by atoms with Crippen LogP contribution in [0.1, 0.15) is 18.0 Å². The fraction of sp³-hybridized carbons (Fsp3) is 0.333. The number of H-pyrrole nitrogens is 1. The summed E-state index contributed by atoms with van der Waals surface area (Å²) in [5.74, 6) is 0. The summed E-state index contributed by atoms with van der Waals surface area (Å²) in [7, 11) is 0.102. The molecule has 0 aliphatic carbocycles. The van der Waals surface area contributed by atoms with Gasteiger partial charge in [0.1, 0.15) is 0 Å². The van der Waals surface area contributed by atoms with E-state index in [1.807, 2.05) is 37.5 Å². The Bertz CT molecular complexity index is 1360. The van der Waals surface area contributed by atoms with Crippen molar-refractivity contribution in [2.75, 3.05) is 26.7 Å². The summed E-state index contributed by atoms with van der Waals surface area (Å²) in [6.45, 7) is 1.93. The zero-order valence-electron chi connectivity index (χ0n) is 18.3. The molecule has 2 aromatic carbocycles. The van der Waals surface area contributed by atoms with E-state index in [4.69, 9.17) is 4.74 Å². The van der Waals surface area contributed by atoms with E-state index in [0.717, 1.165) is 46.9 Å². The van der Waals surface area contributed by atoms with E-state index in [0.29, 0.717) is 0 Å². The summed E-state index contributed by atoms with van der Waals surface area (Å²) in [5, 5.41) is 2.13. The fourth-order valence-electron chi connectivity index (χ4n) is 4.77. The second-order valence-corrected chi connectivity index (χ2v) is 10.2. The first kappa shape index (κ1) is 21.2. The molecule has 2 N–H and O–H groups in total. The maximum absolute atomic E-state index is 13.2. The van der Waals surface area contributed by atoms with Crippen molar-refractivity contribution in [3.8, 4) is 0 Å². The molecule has 0 bridgehead atoms. The Kier molecular flexibility index (Phi) is 5.54. The molecule has 0 amide bonds. The third kappa shape index (κ3) is 3.84. The van der Waals surface area contributed by atoms with Crippen LogP contribution in [-0.2, 0) is 21.8 Å². The van der Waals surface area contributed by atoms with Crippen LogP contribution in [0.2, 0.25) is 0 Å². The van der Waals surface area contributed by atoms with Crippen molar-refractivity contribution in [2.45, 2.75) is 23.5 Å². The number of aromatic nitrogens is 2. The second-order valence-electron chi connectivity index (χ2n) is 8.45. The monoisotopic (exact) mass is 452 g/mol. The highest BCUT2D eigenvalue weighted by atomic mass is 32.2. The van der Waals surface area contributed by atoms with Crippen LogP contribution in [-0.4, -0.2) is 55.7 Å². The maximum atomic E-state index is 13.2. The maximum Gasteiger partial charge on any atom is 0.240 e. The van der Waals surface area contributed by atoms with Crippen LogP contribution >= 0.6 is 0 Å². The van der Waals surface area contributed by atoms with E-state index < -0.39 is 10.0 Å². The van der Waals surface area contributed by atoms with Gasteiger partial charge in [0, 0.05) is 62.6 Å². The van der Waals surface area contributed by atoms with E-state index in [9.17, 15) is 8.42 Å². The Morgan fingerprint density at radius 2 is 2.06 bits per heavy atom. The Hall–Kier alpha value is -2.65. The van der Waals surface area contributed by atoms with Gasteiger partial charge >= 0.3 is 0 Å². The van der Waals surface area contributed by atoms with E-state index in [1.165, 1.54) is 0 Å². The molecule has 168 valence electrons. The van der Waals surface area contributed by atoms with E-state index in [2.05, 4.69) is 37.5 Å². The Balaban J connectivity index is 1.46. The summed E-state index contributed by atoms with van der Waals surface area (Å²) in [5.41, 5.74) is 3.07. The number of hydrogen-bond donors (Lipinski definition) is 2. The Labute approximate surface area is 188 Å². The van der Waals surface area contributed by atoms with Gasteiger partial charge in [-0.15, -0.1) is 0 Å². The zero-order valence-corrected chi connectivity index (χ0v) is 19.1. The molecule has 4 aromatic rings. The SMILES string of the molecule is CO[C@@H]1CCN([C@@H](CNS(=O)(=O)c2ccc3cc[nH]c3c2)c2cn(C)c3ccccc23)C1. The summed E-state index contributed by atoms with van der Waals surface area (Å²) < 4.78 is 36.9. The highest BCUT2D eigenvalue weighted by Gasteiger charge is 2.32. The number of aromatic amines is 1. The van der Waals surface area contributed by atoms with Gasteiger partial charge in [0.15, 0.2) is 0 Å². The molecule has 8 heteroatoms. The number of rotatable bonds is 7. The lowest BCUT2D eigenvalue weighted by Crippen LogP contribution is -2.37. The van der Waals surface area contributed by atoms with Crippen LogP contribution in [0.3, 0.4) is 0 Å². The molecule has 0 unspecified atom stereocenters. The van der Waals surface area contributed by atoms with Crippen molar-refractivity contribution in [1.82, 2.24) is 19.2 Å². The number of nitrogens with one attached hydrogen (secondary N) is 2. The van der Waals surface area contributed by atoms with Crippen LogP contribution in [0.4, 0.5) is 0 Å². The van der Waals surface area contributed by atoms with Gasteiger partial charge in [-0.2, -0.15) is 0 Å². The van der Waals surface area contributed by atoms with Gasteiger partial charge < -0.3 is 14.3 Å². The number of para-hydroxylation sites is 1. The smallest absolute Gasteiger partial charge is 0.240 e. The number of hydrogen-bond acceptors (Lipinski definition) is 4. The lowest BCUT2D eigenvalue weighted by atomic mass is 10.0. The molecule has 0 saturated carbocycles. The molecule has 0 radical (unpaired) electrons. The van der Waals surface area contributed by atoms with Crippen LogP contribution in [0.15, 0.2) is 65.8 Å². The van der Waals surface area contributed by atoms with E-state index in [-0.39, 0.29) is 23.6 Å². The van der Waals surface area contributed by atoms with Crippen molar-refractivity contribution in [1.29, 1.82) is 0 Å². The minimum atomic E-state index is -3.66. The van der Waals surface area contributed by atoms with Crippen molar-refractivity contribution < 1.29 is 13.2 Å². The van der Waals surface area contributed by atoms with Gasteiger partial charge in [-0.25, -0.2) is 13.1 Å². The number of likely N-dealkylation sites (tertiary alicyclic amines) is 1. The number of ether oxygens (including phenoxy) is 1. The molecule has 7 nitrogen and oxygen atoms in total. The first-order valence-electron chi connectivity index (χ1n) is 10.8. The largest absolute Gasteiger partial charge is 0.380 e. The Morgan fingerprint density at radius 1 is 1.22 bits per heavy atom. The van der Waals surface area contributed by atoms with Crippen molar-refractivity contribution in [2.24, 2.45) is 7.05 Å². The number of aryl methyl sites for hydroxylation is 1. The highest BCUT2D eigenvalue weighted by molar-refractivity contribution is 7.89. The molecule has 1 aliphatic rings. The van der Waals surface area contributed by atoms with Crippen molar-refractivity contribution in [3.63, 3.8) is 0 Å². The van der Waals surface area contributed by atoms with Crippen molar-refractivity contribution >= 4 is 31.8 Å². The second kappa shape index (κ2) is 8.37. The summed E-state index contributed by atoms with van der Waals surface area (Å²) >= 11 is 0. The van der Waals surface area contributed by atoms with Gasteiger partial charge in [-0.05, 0) is 41.6 Å². The zero-order chi connectivity index (χ0) is 22.3. The molecule has 1 saturated heterocycles. The average Bonchev–Trinajstić information content (AvgIpc) is 3.53. The number of nitrogens with zero attached hydrogens (tertiary/aromatic N) is 2. The van der Waals surface area contributed by atoms with Gasteiger partial charge in [-0.3, -0.25) is 4.90 Å². The molecule has 5 rings (SSSR count). The van der Waals surface area contributed by atoms with E-state index in [1.54, 1.807) is 19.2 Å². The molecule has 3 heterocycles. The number of benzene rings is 2. The van der Waals surface area contributed by atoms with Crippen LogP contribution < -0.4 is 4.72 Å². The number of sulfonamides is 1. The standard InChI is InChI=1S/C24H28N4O3S/c1-27-16-21(20-5-3-4-6-23(20)27)24(28-12-10-18(15-28)31-2)14-26-32(29,30)19-8-7-17-9-11-25-22(17)13-19/h3-9,11,13,16,18,24-26H,10,12,14-15H2,1-2H3/t18-,24+/m1/s1. The van der Waals surface area contributed by atoms with Crippen molar-refractivity contribution in [3.05, 3.63) is 66.5 Å². The van der Waals surface area contributed by atoms with Gasteiger partial charge in [0.25, 0.3) is 0 Å². The van der Waals surface area contributed by atoms with Gasteiger partial charge in [0.05, 0.1) is 17.0 Å². The minimum Gasteiger partial charge on any atom is -0.380 e. The van der Waals surface area contributed by atoms with E-state index >= 15 is 0 Å². The topological polar surface area (TPSA) is 79.4 Å². The number of fused-ring (bicyclic) bond motifs is 2. The first-order chi connectivity index (χ1) is 15.5. The molecule has 0 spiro atoms. The highest BCUT2D eigenvalue weighted by Crippen LogP contribution is 2.32. The Morgan fingerprint density at radius 3 is 2.88 bits per heavy atom. The fourth-order valence-corrected chi connectivity index (χ4v) is 5.83. The third-order valence-electron chi connectivity index (χ3n) is 6.54. The summed E-state index contributed by atoms with van der Waals surface area (Å²) in [6, 6.07) is 15.2. The molecule has 32 heavy (non-hydrogen) atoms. The molecular formula is C24H28N4O3S. The third-order valence-corrected chi connectivity index (χ3v) is 7.96. The molecule has 1 aliphatic heterocycles. The van der Waals surface area contributed by atoms with Crippen LogP contribution in [0.25, 0.3) is 21.8 Å². The van der Waals surface area contributed by atoms with Crippen LogP contribution in [0, 0.1) is 0 Å². The van der Waals surface area contributed by atoms with Crippen LogP contribution in [0.5, 0.6) is 0 Å². The lowest BCUT2D eigenvalue weighted by Gasteiger charge is -2.28. The predicted octanol–water partition coefficient (Wildman–Crippen LogP) is 3.40. The van der Waals surface area contributed by atoms with Gasteiger partial charge in [0.2, 0.25) is 10.0 Å². The molecular weight excluding hydrogens is 424 g/mol. The first-order valence-corrected chi connectivity index (χ1v) is 12.3. The summed E-state index contributed by atoms with van der Waals surface area (Å²) in [6.07, 6.45) is 5.03. The summed E-state index contributed by atoms with van der Waals surface area (Å²) in [4.78, 5) is 5.67. The predicted molar refractivity (Wildman–Crippen MR) is 126 cm³/mol. The average molecular weight is 453 g/mol. The molecule has 2 atom stereocenters. The quantitative estimate of drug-likeness (QED) is 0.450. The number of methoxy groups -OCH3 is 1. The normalized spacial score (nSPS) is 18.6. The van der Waals surface area contributed by atoms with Gasteiger partial charge in [-0.1, -0.05) is 24.3 Å². The molecule has 2 aromatic heterocycles. The molecule has 1 fully saturated rings. The lowest BCUT2D eigenvalue weighted by molar-refractivity contribution is 0.101. The minimum absolute atomic E-state index is 0.0924.